The molecule has 0 unspecified atom stereocenters. The number of fused-ring (bicyclic) bond motifs is 1. The number of alkyl halides is 1. The molecule has 11 heteroatoms. The van der Waals surface area contributed by atoms with Gasteiger partial charge in [-0.3, -0.25) is 19.0 Å². The molecule has 9 nitrogen and oxygen atoms in total. The molecule has 192 valence electrons. The fourth-order valence-corrected chi connectivity index (χ4v) is 4.57. The molecule has 36 heavy (non-hydrogen) atoms. The molecule has 1 saturated heterocycles. The zero-order chi connectivity index (χ0) is 26.0. The minimum absolute atomic E-state index is 0.00385. The Hall–Kier alpha value is -3.60. The molecule has 0 atom stereocenters. The maximum absolute atomic E-state index is 13.6. The third-order valence-electron chi connectivity index (χ3n) is 6.58. The van der Waals surface area contributed by atoms with E-state index in [1.807, 2.05) is 7.05 Å². The number of benzene rings is 1. The highest BCUT2D eigenvalue weighted by atomic mass is 19.1. The fraction of sp³-hybridized carbons (Fsp3) is 0.440. The number of aryl methyl sites for hydroxylation is 2. The van der Waals surface area contributed by atoms with E-state index in [1.165, 1.54) is 21.3 Å². The fourth-order valence-electron chi connectivity index (χ4n) is 4.57. The van der Waals surface area contributed by atoms with Gasteiger partial charge in [-0.1, -0.05) is 6.92 Å². The molecule has 1 amide bonds. The van der Waals surface area contributed by atoms with Crippen molar-refractivity contribution in [3.63, 3.8) is 0 Å². The first-order valence-corrected chi connectivity index (χ1v) is 11.8. The number of ketones is 1. The summed E-state index contributed by atoms with van der Waals surface area (Å²) in [6.45, 7) is 1.85. The number of ether oxygens (including phenoxy) is 1. The van der Waals surface area contributed by atoms with Crippen LogP contribution in [0.25, 0.3) is 11.0 Å². The highest BCUT2D eigenvalue weighted by Gasteiger charge is 2.30. The SMILES string of the molecule is CCc1nc2c(c(OCF)c(C(=O)NC3CCN(C)CC3)n2C)c(=O)n1CC(=O)c1ccc(F)cc1. The summed E-state index contributed by atoms with van der Waals surface area (Å²) in [6, 6.07) is 4.95. The van der Waals surface area contributed by atoms with Gasteiger partial charge in [0.25, 0.3) is 11.5 Å². The summed E-state index contributed by atoms with van der Waals surface area (Å²) in [5.41, 5.74) is -0.225. The lowest BCUT2D eigenvalue weighted by molar-refractivity contribution is 0.0900. The van der Waals surface area contributed by atoms with Crippen LogP contribution in [0.4, 0.5) is 8.78 Å². The number of hydrogen-bond donors (Lipinski definition) is 1. The minimum Gasteiger partial charge on any atom is -0.460 e. The van der Waals surface area contributed by atoms with Gasteiger partial charge in [-0.2, -0.15) is 0 Å². The van der Waals surface area contributed by atoms with Gasteiger partial charge in [0, 0.05) is 25.1 Å². The molecule has 0 bridgehead atoms. The average molecular weight is 502 g/mol. The number of halogens is 2. The number of likely N-dealkylation sites (tertiary alicyclic amines) is 1. The van der Waals surface area contributed by atoms with Gasteiger partial charge in [0.2, 0.25) is 6.86 Å². The maximum Gasteiger partial charge on any atom is 0.272 e. The molecular weight excluding hydrogens is 472 g/mol. The number of carbonyl (C=O) groups excluding carboxylic acids is 2. The summed E-state index contributed by atoms with van der Waals surface area (Å²) in [6.07, 6.45) is 1.85. The van der Waals surface area contributed by atoms with Gasteiger partial charge in [-0.05, 0) is 57.2 Å². The first kappa shape index (κ1) is 25.5. The predicted molar refractivity (Wildman–Crippen MR) is 130 cm³/mol. The van der Waals surface area contributed by atoms with Gasteiger partial charge in [-0.15, -0.1) is 0 Å². The second-order valence-electron chi connectivity index (χ2n) is 8.94. The van der Waals surface area contributed by atoms with E-state index < -0.39 is 29.9 Å². The zero-order valence-corrected chi connectivity index (χ0v) is 20.5. The van der Waals surface area contributed by atoms with Crippen molar-refractivity contribution in [1.82, 2.24) is 24.3 Å². The number of amides is 1. The van der Waals surface area contributed by atoms with Crippen molar-refractivity contribution in [3.05, 3.63) is 57.5 Å². The number of aromatic nitrogens is 3. The largest absolute Gasteiger partial charge is 0.460 e. The maximum atomic E-state index is 13.6. The van der Waals surface area contributed by atoms with Gasteiger partial charge in [0.05, 0.1) is 6.54 Å². The number of carbonyl (C=O) groups is 2. The zero-order valence-electron chi connectivity index (χ0n) is 20.5. The number of nitrogens with one attached hydrogen (secondary N) is 1. The second-order valence-corrected chi connectivity index (χ2v) is 8.94. The molecule has 4 rings (SSSR count). The molecule has 0 spiro atoms. The number of nitrogens with zero attached hydrogens (tertiary/aromatic N) is 4. The number of hydrogen-bond acceptors (Lipinski definition) is 6. The Morgan fingerprint density at radius 1 is 1.17 bits per heavy atom. The molecule has 3 heterocycles. The lowest BCUT2D eigenvalue weighted by Gasteiger charge is -2.29. The molecule has 0 radical (unpaired) electrons. The Balaban J connectivity index is 1.77. The van der Waals surface area contributed by atoms with E-state index in [0.717, 1.165) is 38.1 Å². The quantitative estimate of drug-likeness (QED) is 0.476. The van der Waals surface area contributed by atoms with E-state index in [9.17, 15) is 23.2 Å². The second kappa shape index (κ2) is 10.6. The Labute approximate surface area is 206 Å². The molecule has 3 aromatic rings. The topological polar surface area (TPSA) is 98.5 Å². The number of piperidine rings is 1. The van der Waals surface area contributed by atoms with Gasteiger partial charge in [0.15, 0.2) is 22.9 Å². The molecule has 1 aliphatic heterocycles. The van der Waals surface area contributed by atoms with Gasteiger partial charge >= 0.3 is 0 Å². The molecule has 2 aromatic heterocycles. The Morgan fingerprint density at radius 2 is 1.83 bits per heavy atom. The molecule has 1 fully saturated rings. The number of Topliss-reactive ketones (excluding diaryl/α,β-unsaturated/α-hetero) is 1. The van der Waals surface area contributed by atoms with Crippen LogP contribution in [0.1, 0.15) is 46.4 Å². The van der Waals surface area contributed by atoms with Crippen LogP contribution in [-0.4, -0.2) is 63.7 Å². The molecule has 1 N–H and O–H groups in total. The Morgan fingerprint density at radius 3 is 2.44 bits per heavy atom. The van der Waals surface area contributed by atoms with Crippen molar-refractivity contribution in [2.75, 3.05) is 27.0 Å². The normalized spacial score (nSPS) is 14.8. The summed E-state index contributed by atoms with van der Waals surface area (Å²) in [5, 5.41) is 2.89. The summed E-state index contributed by atoms with van der Waals surface area (Å²) in [5.74, 6) is -1.28. The van der Waals surface area contributed by atoms with Crippen LogP contribution < -0.4 is 15.6 Å². The Kier molecular flexibility index (Phi) is 7.48. The first-order valence-electron chi connectivity index (χ1n) is 11.8. The summed E-state index contributed by atoms with van der Waals surface area (Å²) < 4.78 is 34.5. The highest BCUT2D eigenvalue weighted by Crippen LogP contribution is 2.30. The molecule has 1 aromatic carbocycles. The van der Waals surface area contributed by atoms with E-state index in [4.69, 9.17) is 4.74 Å². The van der Waals surface area contributed by atoms with Crippen LogP contribution in [0, 0.1) is 5.82 Å². The van der Waals surface area contributed by atoms with Crippen molar-refractivity contribution in [3.8, 4) is 5.75 Å². The van der Waals surface area contributed by atoms with Crippen molar-refractivity contribution < 1.29 is 23.1 Å². The summed E-state index contributed by atoms with van der Waals surface area (Å²) in [7, 11) is 3.58. The lowest BCUT2D eigenvalue weighted by Crippen LogP contribution is -2.43. The van der Waals surface area contributed by atoms with Crippen molar-refractivity contribution in [2.24, 2.45) is 7.05 Å². The van der Waals surface area contributed by atoms with E-state index in [2.05, 4.69) is 15.2 Å². The predicted octanol–water partition coefficient (Wildman–Crippen LogP) is 2.45. The molecule has 0 aliphatic carbocycles. The summed E-state index contributed by atoms with van der Waals surface area (Å²) >= 11 is 0. The van der Waals surface area contributed by atoms with Crippen LogP contribution >= 0.6 is 0 Å². The number of rotatable bonds is 8. The highest BCUT2D eigenvalue weighted by molar-refractivity contribution is 6.03. The lowest BCUT2D eigenvalue weighted by atomic mass is 10.1. The van der Waals surface area contributed by atoms with Gasteiger partial charge in [-0.25, -0.2) is 13.8 Å². The monoisotopic (exact) mass is 501 g/mol. The van der Waals surface area contributed by atoms with E-state index in [-0.39, 0.29) is 40.6 Å². The first-order chi connectivity index (χ1) is 17.2. The van der Waals surface area contributed by atoms with Crippen LogP contribution in [-0.2, 0) is 20.0 Å². The van der Waals surface area contributed by atoms with Crippen LogP contribution in [0.2, 0.25) is 0 Å². The standard InChI is InChI=1S/C25H29F2N5O4/c1-4-19-29-23-20(25(35)32(19)13-18(33)15-5-7-16(27)8-6-15)22(36-14-26)21(31(23)3)24(34)28-17-9-11-30(2)12-10-17/h5-8,17H,4,9-14H2,1-3H3,(H,28,34). The Bertz CT molecular complexity index is 1340. The molecular formula is C25H29F2N5O4. The van der Waals surface area contributed by atoms with E-state index >= 15 is 0 Å². The van der Waals surface area contributed by atoms with Crippen molar-refractivity contribution in [1.29, 1.82) is 0 Å². The molecule has 1 aliphatic rings. The third-order valence-corrected chi connectivity index (χ3v) is 6.58. The van der Waals surface area contributed by atoms with Gasteiger partial charge in [0.1, 0.15) is 17.0 Å². The minimum atomic E-state index is -1.25. The van der Waals surface area contributed by atoms with E-state index in [1.54, 1.807) is 14.0 Å². The van der Waals surface area contributed by atoms with Crippen LogP contribution in [0.5, 0.6) is 5.75 Å². The van der Waals surface area contributed by atoms with Gasteiger partial charge < -0.3 is 19.5 Å². The molecule has 0 saturated carbocycles. The van der Waals surface area contributed by atoms with Crippen LogP contribution in [0.3, 0.4) is 0 Å². The summed E-state index contributed by atoms with van der Waals surface area (Å²) in [4.78, 5) is 46.4. The average Bonchev–Trinajstić information content (AvgIpc) is 3.14. The van der Waals surface area contributed by atoms with Crippen molar-refractivity contribution in [2.45, 2.75) is 38.8 Å². The third kappa shape index (κ3) is 4.88. The smallest absolute Gasteiger partial charge is 0.272 e. The van der Waals surface area contributed by atoms with Crippen LogP contribution in [0.15, 0.2) is 29.1 Å². The van der Waals surface area contributed by atoms with Crippen molar-refractivity contribution >= 4 is 22.7 Å². The van der Waals surface area contributed by atoms with E-state index in [0.29, 0.717) is 12.2 Å².